The number of carbonyl (C=O) groups excluding carboxylic acids is 1. The number of nitrogen functional groups attached to an aromatic ring is 1. The first-order valence-corrected chi connectivity index (χ1v) is 7.92. The van der Waals surface area contributed by atoms with Gasteiger partial charge in [-0.15, -0.1) is 0 Å². The fourth-order valence-electron chi connectivity index (χ4n) is 2.44. The Bertz CT molecular complexity index is 893. The fourth-order valence-corrected chi connectivity index (χ4v) is 3.50. The van der Waals surface area contributed by atoms with Crippen LogP contribution in [0.15, 0.2) is 64.4 Å². The second kappa shape index (κ2) is 6.22. The summed E-state index contributed by atoms with van der Waals surface area (Å²) in [7, 11) is 0. The molecule has 4 nitrogen and oxygen atoms in total. The predicted octanol–water partition coefficient (Wildman–Crippen LogP) is 4.24. The molecule has 0 atom stereocenters. The van der Waals surface area contributed by atoms with E-state index < -0.39 is 0 Å². The summed E-state index contributed by atoms with van der Waals surface area (Å²) in [6, 6.07) is 16.6. The molecule has 0 saturated carbocycles. The van der Waals surface area contributed by atoms with Gasteiger partial charge in [-0.1, -0.05) is 30.0 Å². The Hall–Kier alpha value is -2.66. The van der Waals surface area contributed by atoms with Crippen LogP contribution in [0.25, 0.3) is 10.8 Å². The number of benzene rings is 3. The van der Waals surface area contributed by atoms with Crippen LogP contribution in [0.1, 0.15) is 6.92 Å². The van der Waals surface area contributed by atoms with Crippen molar-refractivity contribution in [2.24, 2.45) is 0 Å². The first-order valence-electron chi connectivity index (χ1n) is 7.10. The van der Waals surface area contributed by atoms with E-state index in [1.54, 1.807) is 6.07 Å². The molecule has 0 spiro atoms. The molecule has 0 aliphatic rings. The molecule has 0 radical (unpaired) electrons. The largest absolute Gasteiger partial charge is 0.507 e. The number of phenolic OH excluding ortho intramolecular Hbond substituents is 1. The van der Waals surface area contributed by atoms with E-state index >= 15 is 0 Å². The van der Waals surface area contributed by atoms with Crippen LogP contribution in [0.5, 0.6) is 5.75 Å². The first-order chi connectivity index (χ1) is 11.0. The standard InChI is InChI=1S/C18H16N2O2S/c1-11(21)20-15-7-3-6-14-16(22)8-9-17(18(14)15)23-13-5-2-4-12(19)10-13/h2-10,22H,19H2,1H3,(H,20,21). The van der Waals surface area contributed by atoms with E-state index in [0.717, 1.165) is 15.2 Å². The summed E-state index contributed by atoms with van der Waals surface area (Å²) < 4.78 is 0. The molecule has 0 heterocycles. The summed E-state index contributed by atoms with van der Waals surface area (Å²) in [6.07, 6.45) is 0. The van der Waals surface area contributed by atoms with E-state index in [1.807, 2.05) is 48.5 Å². The molecule has 5 heteroatoms. The average Bonchev–Trinajstić information content (AvgIpc) is 2.50. The quantitative estimate of drug-likeness (QED) is 0.630. The summed E-state index contributed by atoms with van der Waals surface area (Å²) in [5.74, 6) is 0.0323. The van der Waals surface area contributed by atoms with Crippen molar-refractivity contribution in [2.75, 3.05) is 11.1 Å². The Morgan fingerprint density at radius 3 is 2.65 bits per heavy atom. The molecule has 3 rings (SSSR count). The fraction of sp³-hybridized carbons (Fsp3) is 0.0556. The Morgan fingerprint density at radius 2 is 1.91 bits per heavy atom. The molecule has 0 saturated heterocycles. The van der Waals surface area contributed by atoms with Gasteiger partial charge in [0.2, 0.25) is 5.91 Å². The molecule has 3 aromatic carbocycles. The number of nitrogens with one attached hydrogen (secondary N) is 1. The lowest BCUT2D eigenvalue weighted by molar-refractivity contribution is -0.114. The number of phenols is 1. The van der Waals surface area contributed by atoms with Crippen molar-refractivity contribution >= 4 is 39.8 Å². The highest BCUT2D eigenvalue weighted by atomic mass is 32.2. The van der Waals surface area contributed by atoms with Crippen molar-refractivity contribution in [1.29, 1.82) is 0 Å². The van der Waals surface area contributed by atoms with Gasteiger partial charge in [-0.05, 0) is 36.4 Å². The van der Waals surface area contributed by atoms with Gasteiger partial charge in [-0.2, -0.15) is 0 Å². The number of fused-ring (bicyclic) bond motifs is 1. The van der Waals surface area contributed by atoms with Crippen LogP contribution in [0.4, 0.5) is 11.4 Å². The zero-order valence-corrected chi connectivity index (χ0v) is 13.4. The third-order valence-electron chi connectivity index (χ3n) is 3.38. The second-order valence-electron chi connectivity index (χ2n) is 5.17. The highest BCUT2D eigenvalue weighted by Gasteiger charge is 2.12. The van der Waals surface area contributed by atoms with Crippen LogP contribution >= 0.6 is 11.8 Å². The van der Waals surface area contributed by atoms with Gasteiger partial charge in [-0.3, -0.25) is 4.79 Å². The van der Waals surface area contributed by atoms with E-state index in [2.05, 4.69) is 5.32 Å². The number of anilines is 2. The highest BCUT2D eigenvalue weighted by molar-refractivity contribution is 7.99. The molecule has 23 heavy (non-hydrogen) atoms. The van der Waals surface area contributed by atoms with Crippen LogP contribution in [0.3, 0.4) is 0 Å². The molecular formula is C18H16N2O2S. The normalized spacial score (nSPS) is 10.7. The molecular weight excluding hydrogens is 308 g/mol. The number of hydrogen-bond acceptors (Lipinski definition) is 4. The number of rotatable bonds is 3. The van der Waals surface area contributed by atoms with Crippen LogP contribution < -0.4 is 11.1 Å². The number of amides is 1. The Kier molecular flexibility index (Phi) is 4.12. The molecule has 116 valence electrons. The Labute approximate surface area is 138 Å². The zero-order valence-electron chi connectivity index (χ0n) is 12.5. The zero-order chi connectivity index (χ0) is 16.4. The van der Waals surface area contributed by atoms with Crippen molar-refractivity contribution in [3.8, 4) is 5.75 Å². The van der Waals surface area contributed by atoms with Crippen LogP contribution in [0.2, 0.25) is 0 Å². The third-order valence-corrected chi connectivity index (χ3v) is 4.43. The number of aromatic hydroxyl groups is 1. The number of nitrogens with two attached hydrogens (primary N) is 1. The van der Waals surface area contributed by atoms with E-state index in [1.165, 1.54) is 18.7 Å². The van der Waals surface area contributed by atoms with Crippen LogP contribution in [0, 0.1) is 0 Å². The molecule has 1 amide bonds. The average molecular weight is 324 g/mol. The molecule has 0 fully saturated rings. The molecule has 0 aliphatic carbocycles. The van der Waals surface area contributed by atoms with Crippen molar-refractivity contribution in [1.82, 2.24) is 0 Å². The van der Waals surface area contributed by atoms with E-state index in [-0.39, 0.29) is 11.7 Å². The highest BCUT2D eigenvalue weighted by Crippen LogP contribution is 2.40. The topological polar surface area (TPSA) is 75.3 Å². The smallest absolute Gasteiger partial charge is 0.221 e. The van der Waals surface area contributed by atoms with E-state index in [9.17, 15) is 9.90 Å². The maximum absolute atomic E-state index is 11.5. The molecule has 0 unspecified atom stereocenters. The lowest BCUT2D eigenvalue weighted by Gasteiger charge is -2.13. The van der Waals surface area contributed by atoms with Crippen LogP contribution in [-0.2, 0) is 4.79 Å². The SMILES string of the molecule is CC(=O)Nc1cccc2c(O)ccc(Sc3cccc(N)c3)c12. The summed E-state index contributed by atoms with van der Waals surface area (Å²) in [5, 5.41) is 14.5. The predicted molar refractivity (Wildman–Crippen MR) is 94.9 cm³/mol. The first kappa shape index (κ1) is 15.2. The van der Waals surface area contributed by atoms with Gasteiger partial charge < -0.3 is 16.2 Å². The molecule has 3 aromatic rings. The van der Waals surface area contributed by atoms with Crippen molar-refractivity contribution in [3.63, 3.8) is 0 Å². The van der Waals surface area contributed by atoms with Crippen molar-refractivity contribution in [2.45, 2.75) is 16.7 Å². The Balaban J connectivity index is 2.16. The van der Waals surface area contributed by atoms with Gasteiger partial charge in [0.1, 0.15) is 5.75 Å². The summed E-state index contributed by atoms with van der Waals surface area (Å²) in [5.41, 5.74) is 7.21. The minimum absolute atomic E-state index is 0.152. The van der Waals surface area contributed by atoms with Crippen LogP contribution in [-0.4, -0.2) is 11.0 Å². The van der Waals surface area contributed by atoms with Gasteiger partial charge in [0.05, 0.1) is 0 Å². The molecule has 4 N–H and O–H groups in total. The Morgan fingerprint density at radius 1 is 1.13 bits per heavy atom. The lowest BCUT2D eigenvalue weighted by Crippen LogP contribution is -2.06. The van der Waals surface area contributed by atoms with Gasteiger partial charge in [-0.25, -0.2) is 0 Å². The van der Waals surface area contributed by atoms with Crippen molar-refractivity contribution in [3.05, 3.63) is 54.6 Å². The minimum atomic E-state index is -0.152. The molecule has 0 bridgehead atoms. The van der Waals surface area contributed by atoms with E-state index in [4.69, 9.17) is 5.73 Å². The van der Waals surface area contributed by atoms with Gasteiger partial charge in [0.25, 0.3) is 0 Å². The van der Waals surface area contributed by atoms with Gasteiger partial charge in [0, 0.05) is 38.9 Å². The third kappa shape index (κ3) is 3.24. The summed E-state index contributed by atoms with van der Waals surface area (Å²) in [6.45, 7) is 1.46. The summed E-state index contributed by atoms with van der Waals surface area (Å²) >= 11 is 1.54. The molecule has 0 aliphatic heterocycles. The second-order valence-corrected chi connectivity index (χ2v) is 6.28. The van der Waals surface area contributed by atoms with E-state index in [0.29, 0.717) is 16.8 Å². The van der Waals surface area contributed by atoms with Gasteiger partial charge >= 0.3 is 0 Å². The number of hydrogen-bond donors (Lipinski definition) is 3. The summed E-state index contributed by atoms with van der Waals surface area (Å²) in [4.78, 5) is 13.4. The van der Waals surface area contributed by atoms with Gasteiger partial charge in [0.15, 0.2) is 0 Å². The van der Waals surface area contributed by atoms with Crippen molar-refractivity contribution < 1.29 is 9.90 Å². The maximum Gasteiger partial charge on any atom is 0.221 e. The number of carbonyl (C=O) groups is 1. The molecule has 0 aromatic heterocycles. The minimum Gasteiger partial charge on any atom is -0.507 e. The lowest BCUT2D eigenvalue weighted by atomic mass is 10.1. The maximum atomic E-state index is 11.5. The monoisotopic (exact) mass is 324 g/mol.